The molecule has 8 aromatic carbocycles. The molecule has 4 aliphatic rings. The van der Waals surface area contributed by atoms with E-state index in [2.05, 4.69) is 168 Å². The van der Waals surface area contributed by atoms with Crippen molar-refractivity contribution in [2.75, 3.05) is 13.1 Å². The third-order valence-corrected chi connectivity index (χ3v) is 12.1. The van der Waals surface area contributed by atoms with Gasteiger partial charge in [-0.2, -0.15) is 0 Å². The van der Waals surface area contributed by atoms with Crippen molar-refractivity contribution in [3.63, 3.8) is 0 Å². The van der Waals surface area contributed by atoms with Crippen molar-refractivity contribution in [3.05, 3.63) is 181 Å². The first-order chi connectivity index (χ1) is 27.8. The zero-order chi connectivity index (χ0) is 36.7. The molecule has 12 rings (SSSR count). The molecule has 4 heteroatoms. The normalized spacial score (nSPS) is 15.7. The molecular formula is C52H36N4. The minimum atomic E-state index is -0.0163. The molecule has 0 bridgehead atoms. The molecule has 2 aliphatic heterocycles. The van der Waals surface area contributed by atoms with Crippen molar-refractivity contribution in [2.45, 2.75) is 6.17 Å². The maximum atomic E-state index is 4.77. The lowest BCUT2D eigenvalue weighted by atomic mass is 9.87. The molecule has 2 heterocycles. The summed E-state index contributed by atoms with van der Waals surface area (Å²) in [5, 5.41) is 15.9. The van der Waals surface area contributed by atoms with E-state index in [1.54, 1.807) is 0 Å². The highest BCUT2D eigenvalue weighted by atomic mass is 15.1. The third-order valence-electron chi connectivity index (χ3n) is 12.1. The number of amidine groups is 1. The Morgan fingerprint density at radius 1 is 0.429 bits per heavy atom. The topological polar surface area (TPSA) is 48.5 Å². The zero-order valence-corrected chi connectivity index (χ0v) is 30.6. The van der Waals surface area contributed by atoms with Gasteiger partial charge in [0, 0.05) is 24.9 Å². The molecule has 4 nitrogen and oxygen atoms in total. The summed E-state index contributed by atoms with van der Waals surface area (Å²) in [5.41, 5.74) is 19.9. The summed E-state index contributed by atoms with van der Waals surface area (Å²) >= 11 is 0. The maximum absolute atomic E-state index is 4.77. The first-order valence-corrected chi connectivity index (χ1v) is 19.5. The van der Waals surface area contributed by atoms with E-state index in [0.717, 1.165) is 35.6 Å². The molecule has 0 aromatic heterocycles. The fourth-order valence-electron chi connectivity index (χ4n) is 9.59. The molecule has 0 amide bonds. The fraction of sp³-hybridized carbons (Fsp3) is 0.0577. The zero-order valence-electron chi connectivity index (χ0n) is 30.6. The van der Waals surface area contributed by atoms with Crippen molar-refractivity contribution in [1.82, 2.24) is 16.0 Å². The highest BCUT2D eigenvalue weighted by Gasteiger charge is 2.25. The average Bonchev–Trinajstić information content (AvgIpc) is 3.78. The Hall–Kier alpha value is -7.01. The van der Waals surface area contributed by atoms with Gasteiger partial charge in [-0.3, -0.25) is 5.32 Å². The number of aliphatic imine (C=N–C) groups is 1. The average molecular weight is 717 g/mol. The predicted octanol–water partition coefficient (Wildman–Crippen LogP) is 11.9. The monoisotopic (exact) mass is 716 g/mol. The number of hydrogen-bond acceptors (Lipinski definition) is 4. The van der Waals surface area contributed by atoms with E-state index in [-0.39, 0.29) is 6.17 Å². The van der Waals surface area contributed by atoms with Crippen LogP contribution in [0, 0.1) is 0 Å². The van der Waals surface area contributed by atoms with Gasteiger partial charge in [0.05, 0.1) is 0 Å². The van der Waals surface area contributed by atoms with Crippen LogP contribution in [0.5, 0.6) is 0 Å². The van der Waals surface area contributed by atoms with Crippen LogP contribution in [0.1, 0.15) is 17.3 Å². The van der Waals surface area contributed by atoms with Gasteiger partial charge in [-0.15, -0.1) is 0 Å². The minimum Gasteiger partial charge on any atom is -0.372 e. The highest BCUT2D eigenvalue weighted by Crippen LogP contribution is 2.52. The maximum Gasteiger partial charge on any atom is 0.133 e. The van der Waals surface area contributed by atoms with Crippen molar-refractivity contribution < 1.29 is 0 Å². The van der Waals surface area contributed by atoms with Gasteiger partial charge < -0.3 is 10.6 Å². The third kappa shape index (κ3) is 4.73. The van der Waals surface area contributed by atoms with E-state index in [0.29, 0.717) is 0 Å². The van der Waals surface area contributed by atoms with Crippen LogP contribution in [0.4, 0.5) is 0 Å². The van der Waals surface area contributed by atoms with Crippen LogP contribution in [-0.4, -0.2) is 18.9 Å². The second-order valence-corrected chi connectivity index (χ2v) is 15.2. The van der Waals surface area contributed by atoms with E-state index in [4.69, 9.17) is 4.99 Å². The van der Waals surface area contributed by atoms with Crippen molar-refractivity contribution >= 4 is 27.4 Å². The van der Waals surface area contributed by atoms with Crippen molar-refractivity contribution in [1.29, 1.82) is 0 Å². The standard InChI is InChI=1S/C52H36N4/c1-3-11-41-39(9-1)45-15-5-13-43-37(17-19-47(41)49(43)45)33-25-31(32-27-35(51-53-21-7-22-54-51)30-36(28-32)52-55-23-8-24-56-52)26-34(29-33)38-18-20-48-42-12-4-2-10-40(42)46-16-6-14-44(38)50(46)48/h1-21,23,25-30,51,53-54H,22,24H2,(H,55,56). The number of fused-ring (bicyclic) bond motifs is 6. The first-order valence-electron chi connectivity index (χ1n) is 19.5. The molecule has 0 saturated carbocycles. The Morgan fingerprint density at radius 3 is 1.48 bits per heavy atom. The van der Waals surface area contributed by atoms with Gasteiger partial charge in [-0.25, -0.2) is 4.99 Å². The molecule has 0 spiro atoms. The predicted molar refractivity (Wildman–Crippen MR) is 233 cm³/mol. The molecular weight excluding hydrogens is 681 g/mol. The summed E-state index contributed by atoms with van der Waals surface area (Å²) in [5.74, 6) is 0.887. The van der Waals surface area contributed by atoms with Crippen LogP contribution < -0.4 is 16.0 Å². The second-order valence-electron chi connectivity index (χ2n) is 15.2. The van der Waals surface area contributed by atoms with Crippen molar-refractivity contribution in [2.24, 2.45) is 4.99 Å². The summed E-state index contributed by atoms with van der Waals surface area (Å²) in [6, 6.07) is 54.7. The lowest BCUT2D eigenvalue weighted by Crippen LogP contribution is -2.35. The van der Waals surface area contributed by atoms with E-state index >= 15 is 0 Å². The Kier molecular flexibility index (Phi) is 6.86. The number of nitrogens with one attached hydrogen (secondary N) is 3. The molecule has 0 saturated heterocycles. The first kappa shape index (κ1) is 31.4. The van der Waals surface area contributed by atoms with E-state index in [1.165, 1.54) is 93.9 Å². The van der Waals surface area contributed by atoms with Gasteiger partial charge in [0.15, 0.2) is 0 Å². The lowest BCUT2D eigenvalue weighted by molar-refractivity contribution is 0.498. The molecule has 1 atom stereocenters. The number of nitrogens with zero attached hydrogens (tertiary/aromatic N) is 1. The Morgan fingerprint density at radius 2 is 0.929 bits per heavy atom. The minimum absolute atomic E-state index is 0.0163. The van der Waals surface area contributed by atoms with Crippen molar-refractivity contribution in [3.8, 4) is 77.9 Å². The van der Waals surface area contributed by atoms with Gasteiger partial charge in [0.2, 0.25) is 0 Å². The number of rotatable bonds is 5. The molecule has 264 valence electrons. The van der Waals surface area contributed by atoms with Crippen LogP contribution in [0.2, 0.25) is 0 Å². The van der Waals surface area contributed by atoms with Gasteiger partial charge >= 0.3 is 0 Å². The van der Waals surface area contributed by atoms with E-state index < -0.39 is 0 Å². The van der Waals surface area contributed by atoms with Gasteiger partial charge in [0.25, 0.3) is 0 Å². The number of benzene rings is 8. The molecule has 2 aliphatic carbocycles. The Labute approximate surface area is 325 Å². The van der Waals surface area contributed by atoms with Gasteiger partial charge in [-0.1, -0.05) is 115 Å². The summed E-state index contributed by atoms with van der Waals surface area (Å²) in [7, 11) is 0. The number of hydrogen-bond donors (Lipinski definition) is 3. The molecule has 1 unspecified atom stereocenters. The molecule has 56 heavy (non-hydrogen) atoms. The summed E-state index contributed by atoms with van der Waals surface area (Å²) < 4.78 is 0. The lowest BCUT2D eigenvalue weighted by Gasteiger charge is -2.24. The van der Waals surface area contributed by atoms with Crippen LogP contribution in [0.25, 0.3) is 99.4 Å². The fourth-order valence-corrected chi connectivity index (χ4v) is 9.59. The summed E-state index contributed by atoms with van der Waals surface area (Å²) in [6.45, 7) is 1.56. The Bertz CT molecular complexity index is 2860. The summed E-state index contributed by atoms with van der Waals surface area (Å²) in [4.78, 5) is 4.77. The second kappa shape index (κ2) is 12.3. The molecule has 3 N–H and O–H groups in total. The smallest absolute Gasteiger partial charge is 0.133 e. The largest absolute Gasteiger partial charge is 0.372 e. The molecule has 8 aromatic rings. The summed E-state index contributed by atoms with van der Waals surface area (Å²) in [6.07, 6.45) is 8.09. The molecule has 0 radical (unpaired) electrons. The van der Waals surface area contributed by atoms with Crippen LogP contribution in [0.3, 0.4) is 0 Å². The van der Waals surface area contributed by atoms with E-state index in [9.17, 15) is 0 Å². The van der Waals surface area contributed by atoms with Gasteiger partial charge in [0.1, 0.15) is 12.0 Å². The quantitative estimate of drug-likeness (QED) is 0.166. The van der Waals surface area contributed by atoms with E-state index in [1.807, 2.05) is 18.5 Å². The van der Waals surface area contributed by atoms with Crippen LogP contribution in [-0.2, 0) is 0 Å². The highest BCUT2D eigenvalue weighted by molar-refractivity contribution is 6.20. The van der Waals surface area contributed by atoms with Crippen LogP contribution >= 0.6 is 0 Å². The Balaban J connectivity index is 1.11. The van der Waals surface area contributed by atoms with Gasteiger partial charge in [-0.05, 0) is 154 Å². The SMILES string of the molecule is C1=CN=C(c2cc(-c3cc(-c4ccc5c6c(cccc46)-c4ccccc4-5)cc(-c4ccc5c6c(cccc46)-c4ccccc4-5)c3)cc(C3NC=CCN3)c2)NC1. The van der Waals surface area contributed by atoms with Crippen LogP contribution in [0.15, 0.2) is 175 Å². The molecule has 0 fully saturated rings.